The van der Waals surface area contributed by atoms with Crippen LogP contribution in [0, 0.1) is 0 Å². The number of carbonyl (C=O) groups excluding carboxylic acids is 2. The predicted octanol–water partition coefficient (Wildman–Crippen LogP) is 3.17. The molecule has 150 valence electrons. The van der Waals surface area contributed by atoms with Crippen molar-refractivity contribution in [2.24, 2.45) is 0 Å². The van der Waals surface area contributed by atoms with E-state index in [2.05, 4.69) is 15.6 Å². The van der Waals surface area contributed by atoms with E-state index in [-0.39, 0.29) is 18.2 Å². The second kappa shape index (κ2) is 10.1. The number of imidazole rings is 1. The molecule has 29 heavy (non-hydrogen) atoms. The molecule has 1 heterocycles. The van der Waals surface area contributed by atoms with Crippen molar-refractivity contribution in [1.82, 2.24) is 14.9 Å². The maximum absolute atomic E-state index is 12.7. The molecule has 0 aliphatic heterocycles. The van der Waals surface area contributed by atoms with Crippen LogP contribution in [-0.4, -0.2) is 28.0 Å². The topological polar surface area (TPSA) is 85.3 Å². The first-order chi connectivity index (χ1) is 14.1. The molecular formula is C22H24N4O3. The SMILES string of the molecule is CC(=O)NC(CC(=O)Nc1ccccc1OCCn1ccnc1)c1ccccc1. The van der Waals surface area contributed by atoms with Crippen LogP contribution >= 0.6 is 0 Å². The van der Waals surface area contributed by atoms with Crippen molar-refractivity contribution in [2.75, 3.05) is 11.9 Å². The zero-order valence-corrected chi connectivity index (χ0v) is 16.2. The van der Waals surface area contributed by atoms with Gasteiger partial charge in [-0.25, -0.2) is 4.98 Å². The summed E-state index contributed by atoms with van der Waals surface area (Å²) in [5.74, 6) is 0.199. The number of ether oxygens (including phenoxy) is 1. The standard InChI is InChI=1S/C22H24N4O3/c1-17(27)24-20(18-7-3-2-4-8-18)15-22(28)25-19-9-5-6-10-21(19)29-14-13-26-12-11-23-16-26/h2-12,16,20H,13-15H2,1H3,(H,24,27)(H,25,28). The van der Waals surface area contributed by atoms with Gasteiger partial charge in [-0.2, -0.15) is 0 Å². The van der Waals surface area contributed by atoms with E-state index in [1.165, 1.54) is 6.92 Å². The molecule has 3 aromatic rings. The summed E-state index contributed by atoms with van der Waals surface area (Å²) >= 11 is 0. The van der Waals surface area contributed by atoms with Crippen LogP contribution in [0.1, 0.15) is 24.9 Å². The Morgan fingerprint density at radius 1 is 1.10 bits per heavy atom. The molecule has 0 saturated carbocycles. The van der Waals surface area contributed by atoms with Crippen LogP contribution in [0.2, 0.25) is 0 Å². The quantitative estimate of drug-likeness (QED) is 0.586. The number of benzene rings is 2. The minimum atomic E-state index is -0.400. The molecule has 1 aromatic heterocycles. The van der Waals surface area contributed by atoms with Crippen LogP contribution in [0.4, 0.5) is 5.69 Å². The Kier molecular flexibility index (Phi) is 7.00. The van der Waals surface area contributed by atoms with Crippen molar-refractivity contribution in [3.63, 3.8) is 0 Å². The molecule has 1 unspecified atom stereocenters. The summed E-state index contributed by atoms with van der Waals surface area (Å²) in [6, 6.07) is 16.3. The zero-order valence-electron chi connectivity index (χ0n) is 16.2. The maximum atomic E-state index is 12.7. The van der Waals surface area contributed by atoms with Gasteiger partial charge in [0, 0.05) is 19.3 Å². The number of para-hydroxylation sites is 2. The van der Waals surface area contributed by atoms with E-state index in [1.807, 2.05) is 59.3 Å². The first-order valence-corrected chi connectivity index (χ1v) is 9.41. The molecule has 0 radical (unpaired) electrons. The van der Waals surface area contributed by atoms with Crippen molar-refractivity contribution < 1.29 is 14.3 Å². The highest BCUT2D eigenvalue weighted by atomic mass is 16.5. The van der Waals surface area contributed by atoms with E-state index in [4.69, 9.17) is 4.74 Å². The Balaban J connectivity index is 1.62. The molecule has 0 saturated heterocycles. The molecule has 3 rings (SSSR count). The van der Waals surface area contributed by atoms with Crippen molar-refractivity contribution >= 4 is 17.5 Å². The second-order valence-corrected chi connectivity index (χ2v) is 6.56. The monoisotopic (exact) mass is 392 g/mol. The van der Waals surface area contributed by atoms with Crippen molar-refractivity contribution in [2.45, 2.75) is 25.9 Å². The third-order valence-corrected chi connectivity index (χ3v) is 4.30. The Bertz CT molecular complexity index is 926. The lowest BCUT2D eigenvalue weighted by atomic mass is 10.0. The van der Waals surface area contributed by atoms with E-state index < -0.39 is 6.04 Å². The minimum absolute atomic E-state index is 0.118. The van der Waals surface area contributed by atoms with Crippen molar-refractivity contribution in [1.29, 1.82) is 0 Å². The number of nitrogens with zero attached hydrogens (tertiary/aromatic N) is 2. The number of rotatable bonds is 9. The fraction of sp³-hybridized carbons (Fsp3) is 0.227. The largest absolute Gasteiger partial charge is 0.490 e. The number of carbonyl (C=O) groups is 2. The lowest BCUT2D eigenvalue weighted by Gasteiger charge is -2.19. The molecule has 0 aliphatic rings. The molecule has 2 aromatic carbocycles. The molecule has 0 spiro atoms. The molecule has 2 N–H and O–H groups in total. The third-order valence-electron chi connectivity index (χ3n) is 4.30. The van der Waals surface area contributed by atoms with Gasteiger partial charge in [0.25, 0.3) is 0 Å². The second-order valence-electron chi connectivity index (χ2n) is 6.56. The highest BCUT2D eigenvalue weighted by Crippen LogP contribution is 2.25. The number of aromatic nitrogens is 2. The fourth-order valence-corrected chi connectivity index (χ4v) is 2.95. The van der Waals surface area contributed by atoms with Crippen molar-refractivity contribution in [3.05, 3.63) is 78.9 Å². The number of nitrogens with one attached hydrogen (secondary N) is 2. The van der Waals surface area contributed by atoms with Gasteiger partial charge in [0.15, 0.2) is 0 Å². The molecular weight excluding hydrogens is 368 g/mol. The van der Waals surface area contributed by atoms with Gasteiger partial charge >= 0.3 is 0 Å². The average molecular weight is 392 g/mol. The number of amides is 2. The summed E-state index contributed by atoms with van der Waals surface area (Å²) in [4.78, 5) is 28.2. The van der Waals surface area contributed by atoms with Gasteiger partial charge in [0.05, 0.1) is 31.0 Å². The van der Waals surface area contributed by atoms with Gasteiger partial charge in [0.2, 0.25) is 11.8 Å². The van der Waals surface area contributed by atoms with E-state index in [9.17, 15) is 9.59 Å². The summed E-state index contributed by atoms with van der Waals surface area (Å²) in [5.41, 5.74) is 1.47. The smallest absolute Gasteiger partial charge is 0.226 e. The zero-order chi connectivity index (χ0) is 20.5. The van der Waals surface area contributed by atoms with E-state index >= 15 is 0 Å². The van der Waals surface area contributed by atoms with Gasteiger partial charge in [-0.1, -0.05) is 42.5 Å². The van der Waals surface area contributed by atoms with E-state index in [0.29, 0.717) is 24.6 Å². The van der Waals surface area contributed by atoms with Crippen LogP contribution in [0.3, 0.4) is 0 Å². The summed E-state index contributed by atoms with van der Waals surface area (Å²) in [6.07, 6.45) is 5.42. The Labute approximate surface area is 169 Å². The van der Waals surface area contributed by atoms with Crippen LogP contribution in [0.25, 0.3) is 0 Å². The molecule has 2 amide bonds. The van der Waals surface area contributed by atoms with Crippen LogP contribution in [-0.2, 0) is 16.1 Å². The molecule has 1 atom stereocenters. The molecule has 0 aliphatic carbocycles. The van der Waals surface area contributed by atoms with Gasteiger partial charge in [0.1, 0.15) is 12.4 Å². The summed E-state index contributed by atoms with van der Waals surface area (Å²) in [7, 11) is 0. The normalized spacial score (nSPS) is 11.5. The van der Waals surface area contributed by atoms with Gasteiger partial charge in [-0.3, -0.25) is 9.59 Å². The number of hydrogen-bond donors (Lipinski definition) is 2. The van der Waals surface area contributed by atoms with Crippen LogP contribution in [0.15, 0.2) is 73.3 Å². The van der Waals surface area contributed by atoms with Gasteiger partial charge in [-0.05, 0) is 17.7 Å². The molecule has 7 nitrogen and oxygen atoms in total. The summed E-state index contributed by atoms with van der Waals surface area (Å²) in [6.45, 7) is 2.54. The molecule has 0 fully saturated rings. The first kappa shape index (κ1) is 20.1. The lowest BCUT2D eigenvalue weighted by Crippen LogP contribution is -2.29. The van der Waals surface area contributed by atoms with Crippen LogP contribution < -0.4 is 15.4 Å². The van der Waals surface area contributed by atoms with Gasteiger partial charge < -0.3 is 19.9 Å². The Morgan fingerprint density at radius 3 is 2.59 bits per heavy atom. The fourth-order valence-electron chi connectivity index (χ4n) is 2.95. The third kappa shape index (κ3) is 6.21. The molecule has 7 heteroatoms. The minimum Gasteiger partial charge on any atom is -0.490 e. The highest BCUT2D eigenvalue weighted by Gasteiger charge is 2.18. The Hall–Kier alpha value is -3.61. The predicted molar refractivity (Wildman–Crippen MR) is 110 cm³/mol. The number of hydrogen-bond acceptors (Lipinski definition) is 4. The number of anilines is 1. The lowest BCUT2D eigenvalue weighted by molar-refractivity contribution is -0.120. The maximum Gasteiger partial charge on any atom is 0.226 e. The molecule has 0 bridgehead atoms. The van der Waals surface area contributed by atoms with Gasteiger partial charge in [-0.15, -0.1) is 0 Å². The summed E-state index contributed by atoms with van der Waals surface area (Å²) in [5, 5.41) is 5.73. The summed E-state index contributed by atoms with van der Waals surface area (Å²) < 4.78 is 7.75. The Morgan fingerprint density at radius 2 is 1.86 bits per heavy atom. The first-order valence-electron chi connectivity index (χ1n) is 9.41. The highest BCUT2D eigenvalue weighted by molar-refractivity contribution is 5.93. The van der Waals surface area contributed by atoms with Crippen LogP contribution in [0.5, 0.6) is 5.75 Å². The van der Waals surface area contributed by atoms with E-state index in [0.717, 1.165) is 5.56 Å². The average Bonchev–Trinajstić information content (AvgIpc) is 3.23. The van der Waals surface area contributed by atoms with E-state index in [1.54, 1.807) is 18.6 Å². The van der Waals surface area contributed by atoms with Crippen molar-refractivity contribution in [3.8, 4) is 5.75 Å².